The van der Waals surface area contributed by atoms with Crippen molar-refractivity contribution in [3.63, 3.8) is 0 Å². The molecule has 0 saturated carbocycles. The molecule has 0 radical (unpaired) electrons. The molecule has 0 saturated heterocycles. The zero-order valence-electron chi connectivity index (χ0n) is 14.1. The van der Waals surface area contributed by atoms with Gasteiger partial charge in [-0.2, -0.15) is 10.4 Å². The topological polar surface area (TPSA) is 83.1 Å². The second kappa shape index (κ2) is 8.04. The third-order valence-electron chi connectivity index (χ3n) is 3.77. The summed E-state index contributed by atoms with van der Waals surface area (Å²) in [6.45, 7) is 0. The van der Waals surface area contributed by atoms with E-state index in [4.69, 9.17) is 23.2 Å². The van der Waals surface area contributed by atoms with Crippen LogP contribution in [0.15, 0.2) is 58.4 Å². The maximum absolute atomic E-state index is 12.5. The van der Waals surface area contributed by atoms with Gasteiger partial charge in [-0.3, -0.25) is 9.36 Å². The molecule has 27 heavy (non-hydrogen) atoms. The van der Waals surface area contributed by atoms with Gasteiger partial charge >= 0.3 is 0 Å². The van der Waals surface area contributed by atoms with Crippen molar-refractivity contribution in [1.29, 1.82) is 5.26 Å². The SMILES string of the molecule is Cn1c(N/N=C/c2ccc(Cl)cc2)nc(-c2ccc(Cl)cc2)c(C#N)c1=O. The fraction of sp³-hybridized carbons (Fsp3) is 0.0526. The Morgan fingerprint density at radius 2 is 1.70 bits per heavy atom. The number of hydrazone groups is 1. The highest BCUT2D eigenvalue weighted by Gasteiger charge is 2.16. The fourth-order valence-electron chi connectivity index (χ4n) is 2.33. The number of halogens is 2. The number of nitrogens with one attached hydrogen (secondary N) is 1. The predicted octanol–water partition coefficient (Wildman–Crippen LogP) is 4.07. The summed E-state index contributed by atoms with van der Waals surface area (Å²) in [5.41, 5.74) is 3.92. The van der Waals surface area contributed by atoms with Crippen molar-refractivity contribution in [3.8, 4) is 17.3 Å². The lowest BCUT2D eigenvalue weighted by Gasteiger charge is -2.10. The number of benzene rings is 2. The first-order chi connectivity index (χ1) is 13.0. The van der Waals surface area contributed by atoms with Gasteiger partial charge in [0.1, 0.15) is 11.6 Å². The Balaban J connectivity index is 1.98. The van der Waals surface area contributed by atoms with E-state index < -0.39 is 5.56 Å². The molecule has 0 fully saturated rings. The average molecular weight is 398 g/mol. The van der Waals surface area contributed by atoms with Gasteiger partial charge in [-0.15, -0.1) is 0 Å². The maximum atomic E-state index is 12.5. The smallest absolute Gasteiger partial charge is 0.273 e. The van der Waals surface area contributed by atoms with Crippen LogP contribution < -0.4 is 11.0 Å². The molecule has 1 N–H and O–H groups in total. The van der Waals surface area contributed by atoms with Gasteiger partial charge in [0.05, 0.1) is 11.9 Å². The van der Waals surface area contributed by atoms with E-state index in [1.807, 2.05) is 6.07 Å². The average Bonchev–Trinajstić information content (AvgIpc) is 2.67. The van der Waals surface area contributed by atoms with Gasteiger partial charge in [0, 0.05) is 22.7 Å². The minimum absolute atomic E-state index is 0.0490. The Hall–Kier alpha value is -3.14. The molecule has 1 aromatic heterocycles. The van der Waals surface area contributed by atoms with E-state index in [0.717, 1.165) is 5.56 Å². The molecule has 0 amide bonds. The molecule has 2 aromatic carbocycles. The van der Waals surface area contributed by atoms with E-state index in [2.05, 4.69) is 15.5 Å². The third-order valence-corrected chi connectivity index (χ3v) is 4.27. The van der Waals surface area contributed by atoms with Crippen LogP contribution in [0.25, 0.3) is 11.3 Å². The van der Waals surface area contributed by atoms with Gasteiger partial charge in [-0.25, -0.2) is 10.4 Å². The van der Waals surface area contributed by atoms with Gasteiger partial charge in [-0.05, 0) is 29.8 Å². The molecule has 0 spiro atoms. The molecule has 1 heterocycles. The summed E-state index contributed by atoms with van der Waals surface area (Å²) in [6.07, 6.45) is 1.57. The number of aromatic nitrogens is 2. The van der Waals surface area contributed by atoms with Crippen LogP contribution in [0.4, 0.5) is 5.95 Å². The van der Waals surface area contributed by atoms with Crippen LogP contribution >= 0.6 is 23.2 Å². The Morgan fingerprint density at radius 1 is 1.11 bits per heavy atom. The molecule has 3 aromatic rings. The first-order valence-corrected chi connectivity index (χ1v) is 8.57. The third kappa shape index (κ3) is 4.17. The van der Waals surface area contributed by atoms with E-state index in [0.29, 0.717) is 15.6 Å². The van der Waals surface area contributed by atoms with Crippen molar-refractivity contribution in [1.82, 2.24) is 9.55 Å². The number of anilines is 1. The molecule has 0 aliphatic carbocycles. The Bertz CT molecular complexity index is 1100. The molecule has 8 heteroatoms. The van der Waals surface area contributed by atoms with E-state index in [1.165, 1.54) is 11.6 Å². The Labute approximate surface area is 165 Å². The highest BCUT2D eigenvalue weighted by Crippen LogP contribution is 2.22. The second-order valence-electron chi connectivity index (χ2n) is 5.56. The van der Waals surface area contributed by atoms with Crippen LogP contribution in [-0.4, -0.2) is 15.8 Å². The standard InChI is InChI=1S/C19H13Cl2N5O/c1-26-18(27)16(10-22)17(13-4-8-15(21)9-5-13)24-19(26)25-23-11-12-2-6-14(20)7-3-12/h2-9,11H,1H3,(H,24,25)/b23-11+. The molecule has 0 aliphatic rings. The van der Waals surface area contributed by atoms with E-state index in [1.54, 1.807) is 54.7 Å². The van der Waals surface area contributed by atoms with Crippen LogP contribution in [0.2, 0.25) is 10.0 Å². The highest BCUT2D eigenvalue weighted by atomic mass is 35.5. The van der Waals surface area contributed by atoms with Gasteiger partial charge in [0.25, 0.3) is 5.56 Å². The number of hydrogen-bond donors (Lipinski definition) is 1. The molecule has 0 atom stereocenters. The number of nitrogens with zero attached hydrogens (tertiary/aromatic N) is 4. The van der Waals surface area contributed by atoms with Gasteiger partial charge in [0.2, 0.25) is 5.95 Å². The predicted molar refractivity (Wildman–Crippen MR) is 107 cm³/mol. The van der Waals surface area contributed by atoms with Crippen molar-refractivity contribution in [2.75, 3.05) is 5.43 Å². The Kier molecular flexibility index (Phi) is 5.55. The van der Waals surface area contributed by atoms with Crippen molar-refractivity contribution in [2.24, 2.45) is 12.1 Å². The molecule has 134 valence electrons. The molecular weight excluding hydrogens is 385 g/mol. The van der Waals surface area contributed by atoms with Crippen LogP contribution in [0, 0.1) is 11.3 Å². The summed E-state index contributed by atoms with van der Waals surface area (Å²) in [4.78, 5) is 16.9. The Morgan fingerprint density at radius 3 is 2.30 bits per heavy atom. The fourth-order valence-corrected chi connectivity index (χ4v) is 2.58. The second-order valence-corrected chi connectivity index (χ2v) is 6.44. The number of nitriles is 1. The van der Waals surface area contributed by atoms with Gasteiger partial charge in [-0.1, -0.05) is 47.5 Å². The summed E-state index contributed by atoms with van der Waals surface area (Å²) < 4.78 is 1.23. The van der Waals surface area contributed by atoms with Gasteiger partial charge < -0.3 is 0 Å². The first-order valence-electron chi connectivity index (χ1n) is 7.81. The normalized spacial score (nSPS) is 10.7. The lowest BCUT2D eigenvalue weighted by atomic mass is 10.1. The van der Waals surface area contributed by atoms with Crippen molar-refractivity contribution < 1.29 is 0 Å². The van der Waals surface area contributed by atoms with Crippen molar-refractivity contribution >= 4 is 35.4 Å². The van der Waals surface area contributed by atoms with E-state index >= 15 is 0 Å². The lowest BCUT2D eigenvalue weighted by Crippen LogP contribution is -2.24. The molecule has 0 unspecified atom stereocenters. The summed E-state index contributed by atoms with van der Waals surface area (Å²) >= 11 is 11.8. The van der Waals surface area contributed by atoms with Crippen LogP contribution in [0.1, 0.15) is 11.1 Å². The quantitative estimate of drug-likeness (QED) is 0.531. The highest BCUT2D eigenvalue weighted by molar-refractivity contribution is 6.30. The number of rotatable bonds is 4. The zero-order chi connectivity index (χ0) is 19.4. The lowest BCUT2D eigenvalue weighted by molar-refractivity contribution is 0.826. The summed E-state index contributed by atoms with van der Waals surface area (Å²) in [6, 6.07) is 15.8. The minimum Gasteiger partial charge on any atom is -0.279 e. The molecule has 3 rings (SSSR count). The van der Waals surface area contributed by atoms with Gasteiger partial charge in [0.15, 0.2) is 0 Å². The van der Waals surface area contributed by atoms with E-state index in [9.17, 15) is 10.1 Å². The number of hydrogen-bond acceptors (Lipinski definition) is 5. The molecule has 0 bridgehead atoms. The van der Waals surface area contributed by atoms with E-state index in [-0.39, 0.29) is 17.2 Å². The summed E-state index contributed by atoms with van der Waals surface area (Å²) in [5.74, 6) is 0.203. The molecule has 6 nitrogen and oxygen atoms in total. The molecule has 0 aliphatic heterocycles. The zero-order valence-corrected chi connectivity index (χ0v) is 15.7. The van der Waals surface area contributed by atoms with Crippen LogP contribution in [-0.2, 0) is 7.05 Å². The van der Waals surface area contributed by atoms with Crippen molar-refractivity contribution in [3.05, 3.63) is 80.1 Å². The van der Waals surface area contributed by atoms with Crippen molar-refractivity contribution in [2.45, 2.75) is 0 Å². The van der Waals surface area contributed by atoms with Crippen LogP contribution in [0.5, 0.6) is 0 Å². The molecular formula is C19H13Cl2N5O. The largest absolute Gasteiger partial charge is 0.279 e. The monoisotopic (exact) mass is 397 g/mol. The minimum atomic E-state index is -0.471. The summed E-state index contributed by atoms with van der Waals surface area (Å²) in [5, 5.41) is 14.7. The first kappa shape index (κ1) is 18.6. The van der Waals surface area contributed by atoms with Crippen LogP contribution in [0.3, 0.4) is 0 Å². The summed E-state index contributed by atoms with van der Waals surface area (Å²) in [7, 11) is 1.52. The maximum Gasteiger partial charge on any atom is 0.273 e.